The number of fused-ring (bicyclic) bond motifs is 9. The van der Waals surface area contributed by atoms with Crippen LogP contribution >= 0.6 is 0 Å². The molecule has 57 heavy (non-hydrogen) atoms. The summed E-state index contributed by atoms with van der Waals surface area (Å²) in [6.45, 7) is 0. The molecule has 4 aromatic heterocycles. The molecule has 0 spiro atoms. The summed E-state index contributed by atoms with van der Waals surface area (Å²) in [4.78, 5) is 4.58. The van der Waals surface area contributed by atoms with Crippen molar-refractivity contribution >= 4 is 65.9 Å². The summed E-state index contributed by atoms with van der Waals surface area (Å²) < 4.78 is 18.5. The van der Waals surface area contributed by atoms with E-state index in [9.17, 15) is 0 Å². The molecule has 0 saturated heterocycles. The number of rotatable bonds is 5. The topological polar surface area (TPSA) is 52.3 Å². The van der Waals surface area contributed by atoms with E-state index in [-0.39, 0.29) is 0 Å². The lowest BCUT2D eigenvalue weighted by Crippen LogP contribution is -1.84. The van der Waals surface area contributed by atoms with Gasteiger partial charge in [0.25, 0.3) is 0 Å². The van der Waals surface area contributed by atoms with Crippen molar-refractivity contribution in [3.63, 3.8) is 0 Å². The third-order valence-corrected chi connectivity index (χ3v) is 11.3. The molecule has 4 heteroatoms. The summed E-state index contributed by atoms with van der Waals surface area (Å²) in [5.41, 5.74) is 17.6. The fourth-order valence-electron chi connectivity index (χ4n) is 8.45. The Bertz CT molecular complexity index is 3550. The quantitative estimate of drug-likeness (QED) is 0.177. The first-order valence-electron chi connectivity index (χ1n) is 19.2. The molecule has 12 rings (SSSR count). The van der Waals surface area contributed by atoms with Crippen LogP contribution in [0.5, 0.6) is 0 Å². The minimum atomic E-state index is 0.803. The number of benzene rings is 8. The molecular formula is C53H31NO3. The average molecular weight is 730 g/mol. The van der Waals surface area contributed by atoms with Crippen molar-refractivity contribution in [3.05, 3.63) is 188 Å². The summed E-state index contributed by atoms with van der Waals surface area (Å²) in [7, 11) is 0. The molecule has 0 radical (unpaired) electrons. The van der Waals surface area contributed by atoms with Gasteiger partial charge in [-0.25, -0.2) is 0 Å². The molecule has 0 N–H and O–H groups in total. The first-order valence-corrected chi connectivity index (χ1v) is 19.2. The van der Waals surface area contributed by atoms with E-state index < -0.39 is 0 Å². The lowest BCUT2D eigenvalue weighted by atomic mass is 9.95. The largest absolute Gasteiger partial charge is 0.456 e. The zero-order chi connectivity index (χ0) is 37.5. The highest BCUT2D eigenvalue weighted by Crippen LogP contribution is 2.39. The maximum Gasteiger partial charge on any atom is 0.153 e. The van der Waals surface area contributed by atoms with Gasteiger partial charge in [-0.05, 0) is 141 Å². The summed E-state index contributed by atoms with van der Waals surface area (Å²) in [5.74, 6) is 0. The zero-order valence-electron chi connectivity index (χ0n) is 30.6. The van der Waals surface area contributed by atoms with Gasteiger partial charge in [0.15, 0.2) is 5.58 Å². The molecule has 0 aliphatic heterocycles. The van der Waals surface area contributed by atoms with Crippen LogP contribution < -0.4 is 0 Å². The molecule has 0 aliphatic carbocycles. The van der Waals surface area contributed by atoms with Gasteiger partial charge in [0, 0.05) is 33.1 Å². The summed E-state index contributed by atoms with van der Waals surface area (Å²) >= 11 is 0. The second kappa shape index (κ2) is 12.4. The van der Waals surface area contributed by atoms with Gasteiger partial charge >= 0.3 is 0 Å². The third-order valence-electron chi connectivity index (χ3n) is 11.3. The Morgan fingerprint density at radius 2 is 0.596 bits per heavy atom. The number of furan rings is 3. The first kappa shape index (κ1) is 31.6. The molecule has 0 unspecified atom stereocenters. The second-order valence-electron chi connectivity index (χ2n) is 14.7. The Balaban J connectivity index is 0.881. The Kier molecular flexibility index (Phi) is 6.89. The molecule has 8 aromatic carbocycles. The van der Waals surface area contributed by atoms with Gasteiger partial charge in [0.2, 0.25) is 0 Å². The maximum absolute atomic E-state index is 6.37. The normalized spacial score (nSPS) is 11.9. The average Bonchev–Trinajstić information content (AvgIpc) is 3.96. The maximum atomic E-state index is 6.37. The van der Waals surface area contributed by atoms with Gasteiger partial charge in [-0.1, -0.05) is 97.1 Å². The summed E-state index contributed by atoms with van der Waals surface area (Å²) in [6.07, 6.45) is 1.81. The van der Waals surface area contributed by atoms with Crippen molar-refractivity contribution in [2.75, 3.05) is 0 Å². The van der Waals surface area contributed by atoms with Crippen molar-refractivity contribution < 1.29 is 13.3 Å². The Morgan fingerprint density at radius 3 is 1.09 bits per heavy atom. The van der Waals surface area contributed by atoms with Crippen LogP contribution in [0.2, 0.25) is 0 Å². The molecule has 4 nitrogen and oxygen atoms in total. The van der Waals surface area contributed by atoms with E-state index in [1.165, 1.54) is 0 Å². The van der Waals surface area contributed by atoms with Gasteiger partial charge in [-0.2, -0.15) is 0 Å². The minimum absolute atomic E-state index is 0.803. The summed E-state index contributed by atoms with van der Waals surface area (Å²) in [5, 5.41) is 5.49. The smallest absolute Gasteiger partial charge is 0.153 e. The molecule has 4 heterocycles. The molecule has 0 bridgehead atoms. The predicted octanol–water partition coefficient (Wildman–Crippen LogP) is 15.1. The van der Waals surface area contributed by atoms with Crippen molar-refractivity contribution in [1.29, 1.82) is 0 Å². The Hall–Kier alpha value is -7.69. The number of para-hydroxylation sites is 1. The van der Waals surface area contributed by atoms with Crippen LogP contribution in [0.15, 0.2) is 201 Å². The van der Waals surface area contributed by atoms with Crippen molar-refractivity contribution in [2.24, 2.45) is 0 Å². The molecule has 0 saturated carbocycles. The fourth-order valence-corrected chi connectivity index (χ4v) is 8.45. The highest BCUT2D eigenvalue weighted by atomic mass is 16.3. The highest BCUT2D eigenvalue weighted by Gasteiger charge is 2.14. The van der Waals surface area contributed by atoms with Gasteiger partial charge in [0.05, 0.1) is 0 Å². The molecular weight excluding hydrogens is 699 g/mol. The number of hydrogen-bond acceptors (Lipinski definition) is 4. The zero-order valence-corrected chi connectivity index (χ0v) is 30.6. The number of hydrogen-bond donors (Lipinski definition) is 0. The number of aromatic nitrogens is 1. The number of pyridine rings is 1. The standard InChI is InChI=1S/C53H31NO3/c1-2-14-47-42(13-1)43-28-38(16-20-48(43)55-47)35-10-5-11-36(27-35)40-18-22-50-45(30-40)44-29-39(17-21-49(44)56-50)34-9-3-7-32(25-34)33-8-4-12-37(26-33)41-19-23-51-46(31-41)53-52(57-51)15-6-24-54-53/h1-31H. The van der Waals surface area contributed by atoms with Crippen molar-refractivity contribution in [3.8, 4) is 55.6 Å². The van der Waals surface area contributed by atoms with Gasteiger partial charge in [-0.15, -0.1) is 0 Å². The molecule has 0 fully saturated rings. The minimum Gasteiger partial charge on any atom is -0.456 e. The van der Waals surface area contributed by atoms with Crippen LogP contribution in [-0.2, 0) is 0 Å². The monoisotopic (exact) mass is 729 g/mol. The van der Waals surface area contributed by atoms with E-state index in [4.69, 9.17) is 13.3 Å². The second-order valence-corrected chi connectivity index (χ2v) is 14.7. The SMILES string of the molecule is c1cc(-c2cccc(-c3ccc4oc5cccnc5c4c3)c2)cc(-c2ccc3oc4ccc(-c5cccc(-c6ccc7oc8ccccc8c7c6)c5)cc4c3c2)c1. The lowest BCUT2D eigenvalue weighted by Gasteiger charge is -2.09. The van der Waals surface area contributed by atoms with Crippen molar-refractivity contribution in [1.82, 2.24) is 4.98 Å². The molecule has 0 atom stereocenters. The first-order chi connectivity index (χ1) is 28.2. The van der Waals surface area contributed by atoms with Gasteiger partial charge < -0.3 is 13.3 Å². The van der Waals surface area contributed by atoms with E-state index in [0.29, 0.717) is 0 Å². The molecule has 0 amide bonds. The van der Waals surface area contributed by atoms with Crippen LogP contribution in [0.25, 0.3) is 122 Å². The van der Waals surface area contributed by atoms with E-state index in [1.54, 1.807) is 0 Å². The van der Waals surface area contributed by atoms with E-state index in [0.717, 1.165) is 122 Å². The third kappa shape index (κ3) is 5.26. The summed E-state index contributed by atoms with van der Waals surface area (Å²) in [6, 6.07) is 64.2. The Morgan fingerprint density at radius 1 is 0.246 bits per heavy atom. The predicted molar refractivity (Wildman–Crippen MR) is 233 cm³/mol. The molecule has 0 aliphatic rings. The van der Waals surface area contributed by atoms with Crippen LogP contribution in [0, 0.1) is 0 Å². The van der Waals surface area contributed by atoms with Crippen LogP contribution in [0.1, 0.15) is 0 Å². The number of nitrogens with zero attached hydrogens (tertiary/aromatic N) is 1. The van der Waals surface area contributed by atoms with Gasteiger partial charge in [0.1, 0.15) is 33.4 Å². The van der Waals surface area contributed by atoms with E-state index in [2.05, 4.69) is 157 Å². The molecule has 12 aromatic rings. The molecule has 266 valence electrons. The Labute approximate surface area is 326 Å². The van der Waals surface area contributed by atoms with Crippen LogP contribution in [-0.4, -0.2) is 4.98 Å². The van der Waals surface area contributed by atoms with Crippen molar-refractivity contribution in [2.45, 2.75) is 0 Å². The highest BCUT2D eigenvalue weighted by molar-refractivity contribution is 6.09. The van der Waals surface area contributed by atoms with Crippen LogP contribution in [0.3, 0.4) is 0 Å². The fraction of sp³-hybridized carbons (Fsp3) is 0. The van der Waals surface area contributed by atoms with Crippen LogP contribution in [0.4, 0.5) is 0 Å². The van der Waals surface area contributed by atoms with E-state index >= 15 is 0 Å². The van der Waals surface area contributed by atoms with Gasteiger partial charge in [-0.3, -0.25) is 4.98 Å². The van der Waals surface area contributed by atoms with E-state index in [1.807, 2.05) is 36.5 Å². The lowest BCUT2D eigenvalue weighted by molar-refractivity contribution is 0.668.